The monoisotopic (exact) mass is 257 g/mol. The molecule has 2 heterocycles. The van der Waals surface area contributed by atoms with Crippen LogP contribution in [0, 0.1) is 6.92 Å². The fraction of sp³-hybridized carbons (Fsp3) is 0.0769. The number of carboxylic acid groups (broad SMARTS) is 1. The van der Waals surface area contributed by atoms with Crippen molar-refractivity contribution in [3.63, 3.8) is 0 Å². The number of aromatic carboxylic acids is 1. The van der Waals surface area contributed by atoms with Crippen molar-refractivity contribution >= 4 is 17.7 Å². The van der Waals surface area contributed by atoms with Crippen molar-refractivity contribution in [1.29, 1.82) is 0 Å². The summed E-state index contributed by atoms with van der Waals surface area (Å²) in [5.74, 6) is -1.45. The summed E-state index contributed by atoms with van der Waals surface area (Å²) in [5, 5.41) is 11.5. The number of nitrogens with zero attached hydrogens (tertiary/aromatic N) is 2. The van der Waals surface area contributed by atoms with Crippen LogP contribution in [0.2, 0.25) is 0 Å². The minimum Gasteiger partial charge on any atom is -0.478 e. The van der Waals surface area contributed by atoms with E-state index in [1.54, 1.807) is 18.3 Å². The van der Waals surface area contributed by atoms with Crippen molar-refractivity contribution in [2.45, 2.75) is 6.92 Å². The zero-order valence-corrected chi connectivity index (χ0v) is 10.1. The number of amides is 1. The molecule has 2 N–H and O–H groups in total. The molecule has 19 heavy (non-hydrogen) atoms. The van der Waals surface area contributed by atoms with Crippen LogP contribution in [0.1, 0.15) is 26.4 Å². The van der Waals surface area contributed by atoms with Crippen LogP contribution in [-0.2, 0) is 0 Å². The van der Waals surface area contributed by atoms with E-state index in [4.69, 9.17) is 5.11 Å². The lowest BCUT2D eigenvalue weighted by Crippen LogP contribution is -2.18. The van der Waals surface area contributed by atoms with Gasteiger partial charge in [-0.2, -0.15) is 0 Å². The fourth-order valence-electron chi connectivity index (χ4n) is 1.54. The van der Waals surface area contributed by atoms with Gasteiger partial charge in [0.15, 0.2) is 0 Å². The summed E-state index contributed by atoms with van der Waals surface area (Å²) >= 11 is 0. The van der Waals surface area contributed by atoms with E-state index in [0.717, 1.165) is 5.56 Å². The highest BCUT2D eigenvalue weighted by Crippen LogP contribution is 2.10. The molecule has 2 aromatic heterocycles. The van der Waals surface area contributed by atoms with Gasteiger partial charge in [0.2, 0.25) is 0 Å². The highest BCUT2D eigenvalue weighted by Gasteiger charge is 2.17. The van der Waals surface area contributed by atoms with Gasteiger partial charge in [0.25, 0.3) is 5.91 Å². The maximum absolute atomic E-state index is 12.0. The van der Waals surface area contributed by atoms with Crippen LogP contribution in [0.15, 0.2) is 36.7 Å². The third kappa shape index (κ3) is 2.92. The van der Waals surface area contributed by atoms with Gasteiger partial charge in [-0.15, -0.1) is 0 Å². The summed E-state index contributed by atoms with van der Waals surface area (Å²) in [7, 11) is 0. The van der Waals surface area contributed by atoms with Gasteiger partial charge < -0.3 is 10.4 Å². The van der Waals surface area contributed by atoms with Crippen LogP contribution < -0.4 is 5.32 Å². The number of carboxylic acids is 1. The van der Waals surface area contributed by atoms with Crippen LogP contribution in [0.3, 0.4) is 0 Å². The van der Waals surface area contributed by atoms with Gasteiger partial charge in [0.1, 0.15) is 11.5 Å². The number of hydrogen-bond acceptors (Lipinski definition) is 4. The molecule has 96 valence electrons. The number of carbonyl (C=O) groups excluding carboxylic acids is 1. The molecule has 2 rings (SSSR count). The molecule has 0 radical (unpaired) electrons. The second kappa shape index (κ2) is 5.26. The molecule has 0 bridgehead atoms. The maximum atomic E-state index is 12.0. The molecule has 0 saturated heterocycles. The van der Waals surface area contributed by atoms with Crippen molar-refractivity contribution in [2.75, 3.05) is 5.32 Å². The van der Waals surface area contributed by atoms with Crippen LogP contribution in [0.5, 0.6) is 0 Å². The Bertz CT molecular complexity index is 641. The summed E-state index contributed by atoms with van der Waals surface area (Å²) in [4.78, 5) is 30.7. The molecule has 0 aliphatic heterocycles. The van der Waals surface area contributed by atoms with Crippen molar-refractivity contribution < 1.29 is 14.7 Å². The van der Waals surface area contributed by atoms with Crippen LogP contribution in [0.4, 0.5) is 5.82 Å². The molecular formula is C13H11N3O3. The van der Waals surface area contributed by atoms with E-state index >= 15 is 0 Å². The van der Waals surface area contributed by atoms with Crippen molar-refractivity contribution in [3.05, 3.63) is 53.5 Å². The highest BCUT2D eigenvalue weighted by atomic mass is 16.4. The predicted molar refractivity (Wildman–Crippen MR) is 68.1 cm³/mol. The Morgan fingerprint density at radius 2 is 2.00 bits per heavy atom. The molecule has 1 amide bonds. The molecule has 0 saturated carbocycles. The van der Waals surface area contributed by atoms with Crippen LogP contribution >= 0.6 is 0 Å². The first-order valence-electron chi connectivity index (χ1n) is 5.50. The number of aryl methyl sites for hydroxylation is 1. The van der Waals surface area contributed by atoms with Crippen LogP contribution in [-0.4, -0.2) is 27.0 Å². The number of anilines is 1. The number of rotatable bonds is 3. The molecule has 0 aliphatic carbocycles. The Kier molecular flexibility index (Phi) is 3.51. The quantitative estimate of drug-likeness (QED) is 0.873. The molecular weight excluding hydrogens is 246 g/mol. The Morgan fingerprint density at radius 1 is 1.21 bits per heavy atom. The summed E-state index contributed by atoms with van der Waals surface area (Å²) in [6.45, 7) is 1.86. The van der Waals surface area contributed by atoms with E-state index in [1.807, 2.05) is 6.92 Å². The van der Waals surface area contributed by atoms with E-state index in [2.05, 4.69) is 15.3 Å². The van der Waals surface area contributed by atoms with E-state index in [-0.39, 0.29) is 11.3 Å². The van der Waals surface area contributed by atoms with Crippen molar-refractivity contribution in [2.24, 2.45) is 0 Å². The molecule has 6 heteroatoms. The number of nitrogens with one attached hydrogen (secondary N) is 1. The smallest absolute Gasteiger partial charge is 0.338 e. The lowest BCUT2D eigenvalue weighted by molar-refractivity contribution is 0.0691. The Morgan fingerprint density at radius 3 is 2.68 bits per heavy atom. The SMILES string of the molecule is Cc1ccnc(NC(=O)c2ncccc2C(=O)O)c1. The van der Waals surface area contributed by atoms with E-state index in [0.29, 0.717) is 5.82 Å². The van der Waals surface area contributed by atoms with Gasteiger partial charge in [-0.1, -0.05) is 0 Å². The Labute approximate surface area is 109 Å². The molecule has 2 aromatic rings. The third-order valence-electron chi connectivity index (χ3n) is 2.41. The lowest BCUT2D eigenvalue weighted by atomic mass is 10.2. The first-order chi connectivity index (χ1) is 9.08. The van der Waals surface area contributed by atoms with E-state index < -0.39 is 11.9 Å². The second-order valence-corrected chi connectivity index (χ2v) is 3.88. The topological polar surface area (TPSA) is 92.2 Å². The third-order valence-corrected chi connectivity index (χ3v) is 2.41. The molecule has 0 atom stereocenters. The molecule has 0 fully saturated rings. The summed E-state index contributed by atoms with van der Waals surface area (Å²) in [6, 6.07) is 6.26. The average molecular weight is 257 g/mol. The van der Waals surface area contributed by atoms with E-state index in [1.165, 1.54) is 18.3 Å². The minimum absolute atomic E-state index is 0.140. The fourth-order valence-corrected chi connectivity index (χ4v) is 1.54. The van der Waals surface area contributed by atoms with Gasteiger partial charge in [-0.3, -0.25) is 9.78 Å². The largest absolute Gasteiger partial charge is 0.478 e. The lowest BCUT2D eigenvalue weighted by Gasteiger charge is -2.06. The predicted octanol–water partition coefficient (Wildman–Crippen LogP) is 1.74. The first kappa shape index (κ1) is 12.7. The minimum atomic E-state index is -1.20. The number of pyridine rings is 2. The highest BCUT2D eigenvalue weighted by molar-refractivity contribution is 6.08. The zero-order chi connectivity index (χ0) is 13.8. The molecule has 0 aliphatic rings. The summed E-state index contributed by atoms with van der Waals surface area (Å²) in [5.41, 5.74) is 0.649. The zero-order valence-electron chi connectivity index (χ0n) is 10.1. The maximum Gasteiger partial charge on any atom is 0.338 e. The Hall–Kier alpha value is -2.76. The molecule has 0 aromatic carbocycles. The normalized spacial score (nSPS) is 9.95. The van der Waals surface area contributed by atoms with Gasteiger partial charge in [-0.05, 0) is 36.8 Å². The van der Waals surface area contributed by atoms with Gasteiger partial charge in [0, 0.05) is 12.4 Å². The van der Waals surface area contributed by atoms with Gasteiger partial charge >= 0.3 is 5.97 Å². The van der Waals surface area contributed by atoms with Crippen molar-refractivity contribution in [1.82, 2.24) is 9.97 Å². The molecule has 0 unspecified atom stereocenters. The van der Waals surface area contributed by atoms with Gasteiger partial charge in [0.05, 0.1) is 5.56 Å². The first-order valence-corrected chi connectivity index (χ1v) is 5.50. The number of aromatic nitrogens is 2. The summed E-state index contributed by atoms with van der Waals surface area (Å²) < 4.78 is 0. The molecule has 0 spiro atoms. The number of carbonyl (C=O) groups is 2. The van der Waals surface area contributed by atoms with E-state index in [9.17, 15) is 9.59 Å². The van der Waals surface area contributed by atoms with Crippen molar-refractivity contribution in [3.8, 4) is 0 Å². The second-order valence-electron chi connectivity index (χ2n) is 3.88. The number of hydrogen-bond donors (Lipinski definition) is 2. The summed E-state index contributed by atoms with van der Waals surface area (Å²) in [6.07, 6.45) is 2.92. The standard InChI is InChI=1S/C13H11N3O3/c1-8-4-6-14-10(7-8)16-12(17)11-9(13(18)19)3-2-5-15-11/h2-7H,1H3,(H,18,19)(H,14,16,17). The van der Waals surface area contributed by atoms with Gasteiger partial charge in [-0.25, -0.2) is 9.78 Å². The average Bonchev–Trinajstić information content (AvgIpc) is 2.38. The Balaban J connectivity index is 2.28. The van der Waals surface area contributed by atoms with Crippen LogP contribution in [0.25, 0.3) is 0 Å². The molecule has 6 nitrogen and oxygen atoms in total.